The highest BCUT2D eigenvalue weighted by Gasteiger charge is 2.33. The van der Waals surface area contributed by atoms with Crippen molar-refractivity contribution in [1.29, 1.82) is 0 Å². The van der Waals surface area contributed by atoms with Crippen molar-refractivity contribution in [3.63, 3.8) is 0 Å². The van der Waals surface area contributed by atoms with Crippen molar-refractivity contribution in [3.8, 4) is 0 Å². The molecule has 0 saturated heterocycles. The Balaban J connectivity index is 2.24. The van der Waals surface area contributed by atoms with Gasteiger partial charge in [0.25, 0.3) is 0 Å². The highest BCUT2D eigenvalue weighted by atomic mass is 16.7. The summed E-state index contributed by atoms with van der Waals surface area (Å²) in [5.41, 5.74) is 2.08. The summed E-state index contributed by atoms with van der Waals surface area (Å²) in [4.78, 5) is 5.53. The first-order valence-electron chi connectivity index (χ1n) is 5.40. The van der Waals surface area contributed by atoms with Gasteiger partial charge in [-0.1, -0.05) is 42.4 Å². The van der Waals surface area contributed by atoms with Crippen molar-refractivity contribution in [2.24, 2.45) is 11.1 Å². The first-order chi connectivity index (χ1) is 7.09. The molecule has 0 aliphatic carbocycles. The summed E-state index contributed by atoms with van der Waals surface area (Å²) in [6.45, 7) is 6.38. The van der Waals surface area contributed by atoms with E-state index in [0.29, 0.717) is 5.92 Å². The first-order valence-corrected chi connectivity index (χ1v) is 5.40. The number of rotatable bonds is 1. The van der Waals surface area contributed by atoms with Crippen LogP contribution in [0.25, 0.3) is 0 Å². The van der Waals surface area contributed by atoms with Crippen molar-refractivity contribution in [2.75, 3.05) is 0 Å². The Bertz CT molecular complexity index is 367. The lowest BCUT2D eigenvalue weighted by Crippen LogP contribution is -2.36. The molecule has 15 heavy (non-hydrogen) atoms. The zero-order chi connectivity index (χ0) is 10.9. The molecule has 2 rings (SSSR count). The normalized spacial score (nSPS) is 24.2. The molecule has 2 heteroatoms. The number of hydrogen-bond acceptors (Lipinski definition) is 2. The van der Waals surface area contributed by atoms with Crippen LogP contribution in [0.1, 0.15) is 32.8 Å². The topological polar surface area (TPSA) is 21.6 Å². The molecular weight excluding hydrogens is 186 g/mol. The molecule has 1 aromatic carbocycles. The Morgan fingerprint density at radius 2 is 1.93 bits per heavy atom. The van der Waals surface area contributed by atoms with Gasteiger partial charge in [-0.05, 0) is 19.4 Å². The molecule has 1 unspecified atom stereocenters. The third kappa shape index (κ3) is 2.04. The molecular formula is C13H17NO. The fourth-order valence-corrected chi connectivity index (χ4v) is 1.64. The van der Waals surface area contributed by atoms with Gasteiger partial charge in [-0.15, -0.1) is 0 Å². The summed E-state index contributed by atoms with van der Waals surface area (Å²) in [6, 6.07) is 10.2. The smallest absolute Gasteiger partial charge is 0.135 e. The summed E-state index contributed by atoms with van der Waals surface area (Å²) in [7, 11) is 0. The zero-order valence-electron chi connectivity index (χ0n) is 9.53. The summed E-state index contributed by atoms with van der Waals surface area (Å²) in [5.74, 6) is 0.491. The molecule has 0 radical (unpaired) electrons. The van der Waals surface area contributed by atoms with Gasteiger partial charge in [0.15, 0.2) is 0 Å². The molecule has 0 saturated carbocycles. The van der Waals surface area contributed by atoms with Crippen molar-refractivity contribution >= 4 is 5.71 Å². The second-order valence-electron chi connectivity index (χ2n) is 4.70. The lowest BCUT2D eigenvalue weighted by Gasteiger charge is -2.33. The molecule has 0 aromatic heterocycles. The highest BCUT2D eigenvalue weighted by Crippen LogP contribution is 2.30. The van der Waals surface area contributed by atoms with Gasteiger partial charge >= 0.3 is 0 Å². The minimum absolute atomic E-state index is 0.141. The van der Waals surface area contributed by atoms with Crippen LogP contribution in [-0.2, 0) is 4.84 Å². The minimum Gasteiger partial charge on any atom is -0.389 e. The maximum absolute atomic E-state index is 5.53. The average Bonchev–Trinajstić information content (AvgIpc) is 2.23. The van der Waals surface area contributed by atoms with Crippen LogP contribution >= 0.6 is 0 Å². The summed E-state index contributed by atoms with van der Waals surface area (Å²) in [6.07, 6.45) is 0.983. The van der Waals surface area contributed by atoms with Crippen molar-refractivity contribution in [2.45, 2.75) is 32.8 Å². The summed E-state index contributed by atoms with van der Waals surface area (Å²) >= 11 is 0. The highest BCUT2D eigenvalue weighted by molar-refractivity contribution is 6.00. The molecule has 0 fully saturated rings. The molecule has 2 nitrogen and oxygen atoms in total. The van der Waals surface area contributed by atoms with Crippen LogP contribution in [0.5, 0.6) is 0 Å². The molecule has 1 aliphatic heterocycles. The number of benzene rings is 1. The van der Waals surface area contributed by atoms with E-state index in [1.54, 1.807) is 0 Å². The van der Waals surface area contributed by atoms with Crippen molar-refractivity contribution in [3.05, 3.63) is 35.9 Å². The van der Waals surface area contributed by atoms with E-state index >= 15 is 0 Å². The van der Waals surface area contributed by atoms with Crippen LogP contribution in [0.2, 0.25) is 0 Å². The Morgan fingerprint density at radius 3 is 2.53 bits per heavy atom. The molecule has 0 spiro atoms. The van der Waals surface area contributed by atoms with Crippen LogP contribution < -0.4 is 0 Å². The number of nitrogens with zero attached hydrogens (tertiary/aromatic N) is 1. The molecule has 1 aliphatic rings. The van der Waals surface area contributed by atoms with E-state index in [-0.39, 0.29) is 5.60 Å². The Labute approximate surface area is 90.9 Å². The Hall–Kier alpha value is -1.31. The molecule has 0 amide bonds. The van der Waals surface area contributed by atoms with E-state index < -0.39 is 0 Å². The van der Waals surface area contributed by atoms with Gasteiger partial charge in [0.2, 0.25) is 0 Å². The van der Waals surface area contributed by atoms with E-state index in [9.17, 15) is 0 Å². The largest absolute Gasteiger partial charge is 0.389 e. The van der Waals surface area contributed by atoms with Gasteiger partial charge in [0.1, 0.15) is 5.60 Å². The second-order valence-corrected chi connectivity index (χ2v) is 4.70. The molecule has 1 aromatic rings. The Kier molecular flexibility index (Phi) is 2.51. The van der Waals surface area contributed by atoms with Gasteiger partial charge in [0.05, 0.1) is 5.71 Å². The maximum atomic E-state index is 5.53. The van der Waals surface area contributed by atoms with Crippen molar-refractivity contribution < 1.29 is 4.84 Å². The lowest BCUT2D eigenvalue weighted by molar-refractivity contribution is -0.0620. The van der Waals surface area contributed by atoms with Gasteiger partial charge in [0, 0.05) is 12.3 Å². The number of hydrogen-bond donors (Lipinski definition) is 0. The SMILES string of the molecule is CC1CC(c2ccccc2)=NOC1(C)C. The standard InChI is InChI=1S/C13H17NO/c1-10-9-12(14-15-13(10,2)3)11-7-5-4-6-8-11/h4-8,10H,9H2,1-3H3. The van der Waals surface area contributed by atoms with Crippen LogP contribution in [0, 0.1) is 5.92 Å². The van der Waals surface area contributed by atoms with Crippen LogP contribution in [0.15, 0.2) is 35.5 Å². The summed E-state index contributed by atoms with van der Waals surface area (Å²) < 4.78 is 0. The lowest BCUT2D eigenvalue weighted by atomic mass is 9.86. The van der Waals surface area contributed by atoms with Crippen LogP contribution in [-0.4, -0.2) is 11.3 Å². The number of oxime groups is 1. The zero-order valence-corrected chi connectivity index (χ0v) is 9.53. The van der Waals surface area contributed by atoms with Crippen LogP contribution in [0.4, 0.5) is 0 Å². The quantitative estimate of drug-likeness (QED) is 0.686. The van der Waals surface area contributed by atoms with E-state index in [1.807, 2.05) is 18.2 Å². The van der Waals surface area contributed by atoms with E-state index in [4.69, 9.17) is 4.84 Å². The van der Waals surface area contributed by atoms with Crippen molar-refractivity contribution in [1.82, 2.24) is 0 Å². The molecule has 0 N–H and O–H groups in total. The van der Waals surface area contributed by atoms with E-state index in [2.05, 4.69) is 38.1 Å². The maximum Gasteiger partial charge on any atom is 0.135 e. The van der Waals surface area contributed by atoms with E-state index in [0.717, 1.165) is 12.1 Å². The van der Waals surface area contributed by atoms with Gasteiger partial charge < -0.3 is 4.84 Å². The van der Waals surface area contributed by atoms with Gasteiger partial charge in [-0.25, -0.2) is 0 Å². The Morgan fingerprint density at radius 1 is 1.27 bits per heavy atom. The van der Waals surface area contributed by atoms with E-state index in [1.165, 1.54) is 5.56 Å². The fraction of sp³-hybridized carbons (Fsp3) is 0.462. The van der Waals surface area contributed by atoms with Gasteiger partial charge in [-0.3, -0.25) is 0 Å². The molecule has 0 bridgehead atoms. The third-order valence-electron chi connectivity index (χ3n) is 3.18. The predicted molar refractivity (Wildman–Crippen MR) is 61.9 cm³/mol. The fourth-order valence-electron chi connectivity index (χ4n) is 1.64. The first kappa shape index (κ1) is 10.2. The molecule has 1 atom stereocenters. The second kappa shape index (κ2) is 3.69. The van der Waals surface area contributed by atoms with Gasteiger partial charge in [-0.2, -0.15) is 0 Å². The summed E-state index contributed by atoms with van der Waals surface area (Å²) in [5, 5.41) is 4.22. The minimum atomic E-state index is -0.141. The molecule has 1 heterocycles. The molecule has 80 valence electrons. The monoisotopic (exact) mass is 203 g/mol. The average molecular weight is 203 g/mol. The third-order valence-corrected chi connectivity index (χ3v) is 3.18. The predicted octanol–water partition coefficient (Wildman–Crippen LogP) is 3.23. The van der Waals surface area contributed by atoms with Crippen LogP contribution in [0.3, 0.4) is 0 Å².